The Kier molecular flexibility index (Phi) is 6.91. The lowest BCUT2D eigenvalue weighted by Crippen LogP contribution is -2.28. The number of amides is 2. The maximum absolute atomic E-state index is 12.1. The van der Waals surface area contributed by atoms with Gasteiger partial charge in [-0.2, -0.15) is 0 Å². The highest BCUT2D eigenvalue weighted by Crippen LogP contribution is 2.26. The Morgan fingerprint density at radius 2 is 2.21 bits per heavy atom. The van der Waals surface area contributed by atoms with Crippen molar-refractivity contribution in [3.63, 3.8) is 0 Å². The number of anilines is 1. The molecule has 1 aliphatic heterocycles. The van der Waals surface area contributed by atoms with E-state index in [9.17, 15) is 9.59 Å². The maximum Gasteiger partial charge on any atom is 0.240 e. The molecular weight excluding hydrogens is 373 g/mol. The summed E-state index contributed by atoms with van der Waals surface area (Å²) in [5, 5.41) is 6.14. The molecule has 9 heteroatoms. The normalized spacial score (nSPS) is 20.1. The second-order valence-corrected chi connectivity index (χ2v) is 7.22. The summed E-state index contributed by atoms with van der Waals surface area (Å²) < 4.78 is 5.00. The third-order valence-electron chi connectivity index (χ3n) is 3.10. The van der Waals surface area contributed by atoms with Crippen molar-refractivity contribution in [2.45, 2.75) is 24.6 Å². The predicted molar refractivity (Wildman–Crippen MR) is 98.0 cm³/mol. The minimum absolute atomic E-state index is 0.0361. The Morgan fingerprint density at radius 3 is 2.88 bits per heavy atom. The molecule has 24 heavy (non-hydrogen) atoms. The number of carbonyl (C=O) groups is 2. The summed E-state index contributed by atoms with van der Waals surface area (Å²) in [6.45, 7) is 2.34. The lowest BCUT2D eigenvalue weighted by Gasteiger charge is -2.08. The van der Waals surface area contributed by atoms with Gasteiger partial charge in [0.25, 0.3) is 0 Å². The van der Waals surface area contributed by atoms with Crippen molar-refractivity contribution in [1.82, 2.24) is 5.32 Å². The quantitative estimate of drug-likeness (QED) is 0.783. The number of thioether (sulfide) groups is 1. The van der Waals surface area contributed by atoms with Gasteiger partial charge in [-0.05, 0) is 25.1 Å². The fourth-order valence-electron chi connectivity index (χ4n) is 2.03. The van der Waals surface area contributed by atoms with Gasteiger partial charge in [0.2, 0.25) is 11.8 Å². The summed E-state index contributed by atoms with van der Waals surface area (Å²) in [5.41, 5.74) is 0.528. The number of rotatable bonds is 6. The molecule has 6 nitrogen and oxygen atoms in total. The van der Waals surface area contributed by atoms with Gasteiger partial charge in [0.15, 0.2) is 5.17 Å². The summed E-state index contributed by atoms with van der Waals surface area (Å²) in [4.78, 5) is 28.4. The molecule has 0 radical (unpaired) electrons. The van der Waals surface area contributed by atoms with Crippen LogP contribution in [0.25, 0.3) is 0 Å². The van der Waals surface area contributed by atoms with Gasteiger partial charge in [-0.1, -0.05) is 35.0 Å². The zero-order chi connectivity index (χ0) is 17.7. The molecule has 1 aliphatic rings. The summed E-state index contributed by atoms with van der Waals surface area (Å²) in [5.74, 6) is -0.514. The molecule has 1 fully saturated rings. The first-order chi connectivity index (χ1) is 11.4. The number of halogens is 2. The van der Waals surface area contributed by atoms with Crippen LogP contribution in [0.4, 0.5) is 5.69 Å². The van der Waals surface area contributed by atoms with Gasteiger partial charge in [0.1, 0.15) is 5.25 Å². The smallest absolute Gasteiger partial charge is 0.240 e. The van der Waals surface area contributed by atoms with Crippen LogP contribution in [0.1, 0.15) is 13.3 Å². The highest BCUT2D eigenvalue weighted by atomic mass is 35.5. The van der Waals surface area contributed by atoms with Crippen LogP contribution in [0.15, 0.2) is 23.2 Å². The molecule has 2 atom stereocenters. The molecular formula is C15H17Cl2N3O3S. The number of aliphatic imine (C=N–C) groups is 1. The summed E-state index contributed by atoms with van der Waals surface area (Å²) in [7, 11) is 1.59. The molecule has 0 aliphatic carbocycles. The van der Waals surface area contributed by atoms with Crippen LogP contribution in [0, 0.1) is 0 Å². The first-order valence-corrected chi connectivity index (χ1v) is 8.81. The van der Waals surface area contributed by atoms with Gasteiger partial charge >= 0.3 is 0 Å². The molecule has 0 unspecified atom stereocenters. The van der Waals surface area contributed by atoms with Crippen molar-refractivity contribution in [3.8, 4) is 0 Å². The fourth-order valence-corrected chi connectivity index (χ4v) is 3.40. The van der Waals surface area contributed by atoms with Gasteiger partial charge in [0, 0.05) is 19.2 Å². The van der Waals surface area contributed by atoms with E-state index in [1.165, 1.54) is 11.8 Å². The summed E-state index contributed by atoms with van der Waals surface area (Å²) >= 11 is 13.0. The van der Waals surface area contributed by atoms with Crippen LogP contribution in [0.3, 0.4) is 0 Å². The molecule has 1 aromatic carbocycles. The molecule has 130 valence electrons. The number of carbonyl (C=O) groups excluding carboxylic acids is 2. The van der Waals surface area contributed by atoms with Crippen molar-refractivity contribution in [2.75, 3.05) is 19.0 Å². The van der Waals surface area contributed by atoms with Crippen LogP contribution < -0.4 is 10.6 Å². The molecule has 1 heterocycles. The average Bonchev–Trinajstić information content (AvgIpc) is 2.82. The first kappa shape index (κ1) is 19.1. The van der Waals surface area contributed by atoms with E-state index < -0.39 is 5.25 Å². The van der Waals surface area contributed by atoms with Crippen molar-refractivity contribution >= 4 is 57.6 Å². The Labute approximate surface area is 154 Å². The minimum atomic E-state index is -0.513. The zero-order valence-corrected chi connectivity index (χ0v) is 15.5. The van der Waals surface area contributed by atoms with E-state index in [0.29, 0.717) is 27.5 Å². The predicted octanol–water partition coefficient (Wildman–Crippen LogP) is 2.94. The lowest BCUT2D eigenvalue weighted by atomic mass is 10.2. The number of amidine groups is 1. The molecule has 1 saturated heterocycles. The molecule has 2 N–H and O–H groups in total. The maximum atomic E-state index is 12.1. The largest absolute Gasteiger partial charge is 0.382 e. The van der Waals surface area contributed by atoms with E-state index in [1.807, 2.05) is 6.92 Å². The van der Waals surface area contributed by atoms with Gasteiger partial charge in [-0.15, -0.1) is 0 Å². The summed E-state index contributed by atoms with van der Waals surface area (Å²) in [6, 6.07) is 4.73. The van der Waals surface area contributed by atoms with Gasteiger partial charge < -0.3 is 15.4 Å². The molecule has 0 bridgehead atoms. The average molecular weight is 390 g/mol. The number of hydrogen-bond donors (Lipinski definition) is 2. The highest BCUT2D eigenvalue weighted by Gasteiger charge is 2.32. The van der Waals surface area contributed by atoms with E-state index in [0.717, 1.165) is 0 Å². The lowest BCUT2D eigenvalue weighted by molar-refractivity contribution is -0.122. The molecule has 0 spiro atoms. The number of nitrogens with one attached hydrogen (secondary N) is 2. The monoisotopic (exact) mass is 389 g/mol. The SMILES string of the molecule is COC[C@@H](C)N=C1NC(=O)[C@H](CC(=O)Nc2ccc(Cl)c(Cl)c2)S1. The topological polar surface area (TPSA) is 79.8 Å². The first-order valence-electron chi connectivity index (χ1n) is 7.18. The van der Waals surface area contributed by atoms with Crippen molar-refractivity contribution < 1.29 is 14.3 Å². The van der Waals surface area contributed by atoms with E-state index >= 15 is 0 Å². The van der Waals surface area contributed by atoms with Crippen LogP contribution in [-0.4, -0.2) is 42.0 Å². The second kappa shape index (κ2) is 8.71. The van der Waals surface area contributed by atoms with Crippen LogP contribution in [-0.2, 0) is 14.3 Å². The Morgan fingerprint density at radius 1 is 1.46 bits per heavy atom. The molecule has 1 aromatic rings. The highest BCUT2D eigenvalue weighted by molar-refractivity contribution is 8.15. The standard InChI is InChI=1S/C15H17Cl2N3O3S/c1-8(7-23-2)18-15-20-14(22)12(24-15)6-13(21)19-9-3-4-10(16)11(17)5-9/h3-5,8,12H,6-7H2,1-2H3,(H,19,21)(H,18,20,22)/t8-,12+/m1/s1. The van der Waals surface area contributed by atoms with Crippen LogP contribution in [0.5, 0.6) is 0 Å². The van der Waals surface area contributed by atoms with Crippen LogP contribution in [0.2, 0.25) is 10.0 Å². The summed E-state index contributed by atoms with van der Waals surface area (Å²) in [6.07, 6.45) is 0.0361. The van der Waals surface area contributed by atoms with Gasteiger partial charge in [-0.3, -0.25) is 14.6 Å². The Bertz CT molecular complexity index is 669. The van der Waals surface area contributed by atoms with Crippen molar-refractivity contribution in [2.24, 2.45) is 4.99 Å². The Balaban J connectivity index is 1.92. The van der Waals surface area contributed by atoms with Crippen molar-refractivity contribution in [3.05, 3.63) is 28.2 Å². The molecule has 2 rings (SSSR count). The van der Waals surface area contributed by atoms with E-state index in [1.54, 1.807) is 25.3 Å². The third-order valence-corrected chi connectivity index (χ3v) is 4.93. The van der Waals surface area contributed by atoms with Gasteiger partial charge in [0.05, 0.1) is 22.7 Å². The number of ether oxygens (including phenoxy) is 1. The molecule has 0 aromatic heterocycles. The number of benzene rings is 1. The van der Waals surface area contributed by atoms with E-state index in [4.69, 9.17) is 27.9 Å². The Hall–Kier alpha value is -1.28. The molecule has 2 amide bonds. The van der Waals surface area contributed by atoms with Crippen LogP contribution >= 0.6 is 35.0 Å². The third kappa shape index (κ3) is 5.37. The number of nitrogens with zero attached hydrogens (tertiary/aromatic N) is 1. The fraction of sp³-hybridized carbons (Fsp3) is 0.400. The van der Waals surface area contributed by atoms with E-state index in [-0.39, 0.29) is 24.3 Å². The van der Waals surface area contributed by atoms with Crippen molar-refractivity contribution in [1.29, 1.82) is 0 Å². The molecule has 0 saturated carbocycles. The number of methoxy groups -OCH3 is 1. The number of hydrogen-bond acceptors (Lipinski definition) is 5. The minimum Gasteiger partial charge on any atom is -0.382 e. The zero-order valence-electron chi connectivity index (χ0n) is 13.1. The van der Waals surface area contributed by atoms with E-state index in [2.05, 4.69) is 15.6 Å². The van der Waals surface area contributed by atoms with Gasteiger partial charge in [-0.25, -0.2) is 0 Å². The second-order valence-electron chi connectivity index (χ2n) is 5.22.